The van der Waals surface area contributed by atoms with Crippen molar-refractivity contribution in [2.75, 3.05) is 19.6 Å². The van der Waals surface area contributed by atoms with Crippen LogP contribution in [-0.2, 0) is 4.79 Å². The Morgan fingerprint density at radius 1 is 1.15 bits per heavy atom. The summed E-state index contributed by atoms with van der Waals surface area (Å²) in [6.07, 6.45) is 9.22. The van der Waals surface area contributed by atoms with Gasteiger partial charge in [0.2, 0.25) is 5.91 Å². The van der Waals surface area contributed by atoms with Crippen LogP contribution in [0.1, 0.15) is 75.3 Å². The smallest absolute Gasteiger partial charge is 0.273 e. The quantitative estimate of drug-likeness (QED) is 0.873. The Labute approximate surface area is 155 Å². The van der Waals surface area contributed by atoms with Gasteiger partial charge in [0.1, 0.15) is 0 Å². The summed E-state index contributed by atoms with van der Waals surface area (Å²) in [7, 11) is 0. The summed E-state index contributed by atoms with van der Waals surface area (Å²) in [4.78, 5) is 26.8. The largest absolute Gasteiger partial charge is 0.350 e. The molecule has 0 aromatic carbocycles. The molecule has 0 radical (unpaired) electrons. The van der Waals surface area contributed by atoms with Crippen molar-refractivity contribution < 1.29 is 9.59 Å². The van der Waals surface area contributed by atoms with Crippen molar-refractivity contribution in [1.29, 1.82) is 0 Å². The molecule has 2 heterocycles. The zero-order chi connectivity index (χ0) is 18.5. The van der Waals surface area contributed by atoms with Gasteiger partial charge in [0.05, 0.1) is 12.2 Å². The number of aromatic nitrogens is 3. The van der Waals surface area contributed by atoms with Gasteiger partial charge in [0, 0.05) is 25.6 Å². The molecule has 2 fully saturated rings. The minimum atomic E-state index is -0.171. The molecule has 0 unspecified atom stereocenters. The number of nitrogens with zero attached hydrogens (tertiary/aromatic N) is 4. The minimum Gasteiger partial charge on any atom is -0.350 e. The highest BCUT2D eigenvalue weighted by atomic mass is 16.2. The molecule has 0 spiro atoms. The van der Waals surface area contributed by atoms with E-state index in [1.165, 1.54) is 19.3 Å². The first kappa shape index (κ1) is 18.9. The maximum Gasteiger partial charge on any atom is 0.273 e. The Bertz CT molecular complexity index is 613. The number of hydrogen-bond acceptors (Lipinski definition) is 4. The summed E-state index contributed by atoms with van der Waals surface area (Å²) in [5.74, 6) is 0.813. The summed E-state index contributed by atoms with van der Waals surface area (Å²) in [6, 6.07) is 0.213. The highest BCUT2D eigenvalue weighted by Crippen LogP contribution is 2.28. The van der Waals surface area contributed by atoms with Crippen LogP contribution in [0.5, 0.6) is 0 Å². The van der Waals surface area contributed by atoms with Crippen molar-refractivity contribution in [2.45, 2.75) is 64.8 Å². The fraction of sp³-hybridized carbons (Fsp3) is 0.789. The van der Waals surface area contributed by atoms with Crippen molar-refractivity contribution in [3.8, 4) is 0 Å². The van der Waals surface area contributed by atoms with Crippen molar-refractivity contribution in [3.63, 3.8) is 0 Å². The predicted octanol–water partition coefficient (Wildman–Crippen LogP) is 2.41. The lowest BCUT2D eigenvalue weighted by molar-refractivity contribution is -0.137. The van der Waals surface area contributed by atoms with E-state index in [9.17, 15) is 9.59 Å². The number of rotatable bonds is 5. The lowest BCUT2D eigenvalue weighted by atomic mass is 9.87. The average molecular weight is 361 g/mol. The molecule has 1 aromatic heterocycles. The number of piperidine rings is 1. The number of amides is 2. The first-order valence-electron chi connectivity index (χ1n) is 10.0. The van der Waals surface area contributed by atoms with E-state index >= 15 is 0 Å². The molecule has 2 amide bonds. The van der Waals surface area contributed by atoms with Gasteiger partial charge in [-0.3, -0.25) is 9.59 Å². The highest BCUT2D eigenvalue weighted by molar-refractivity contribution is 5.91. The van der Waals surface area contributed by atoms with E-state index in [0.29, 0.717) is 24.1 Å². The third-order valence-electron chi connectivity index (χ3n) is 5.52. The standard InChI is InChI=1S/C19H31N5O2/c1-14(2)12-20-18(25)17-13-24(22-21-17)16-8-10-23(11-9-16)19(26)15-6-4-3-5-7-15/h13-16H,3-12H2,1-2H3,(H,20,25). The molecule has 1 aromatic rings. The molecule has 0 atom stereocenters. The normalized spacial score (nSPS) is 19.7. The topological polar surface area (TPSA) is 80.1 Å². The Balaban J connectivity index is 1.50. The molecular formula is C19H31N5O2. The third kappa shape index (κ3) is 4.62. The van der Waals surface area contributed by atoms with E-state index in [1.54, 1.807) is 10.9 Å². The molecule has 7 heteroatoms. The second kappa shape index (κ2) is 8.64. The fourth-order valence-corrected chi connectivity index (χ4v) is 3.91. The van der Waals surface area contributed by atoms with Crippen LogP contribution in [0.4, 0.5) is 0 Å². The molecule has 1 saturated heterocycles. The van der Waals surface area contributed by atoms with E-state index in [1.807, 2.05) is 4.90 Å². The number of hydrogen-bond donors (Lipinski definition) is 1. The Hall–Kier alpha value is -1.92. The van der Waals surface area contributed by atoms with Crippen LogP contribution in [0.2, 0.25) is 0 Å². The van der Waals surface area contributed by atoms with Crippen molar-refractivity contribution >= 4 is 11.8 Å². The van der Waals surface area contributed by atoms with Crippen LogP contribution in [0.3, 0.4) is 0 Å². The molecular weight excluding hydrogens is 330 g/mol. The van der Waals surface area contributed by atoms with Crippen molar-refractivity contribution in [2.24, 2.45) is 11.8 Å². The maximum atomic E-state index is 12.7. The second-order valence-corrected chi connectivity index (χ2v) is 8.08. The lowest BCUT2D eigenvalue weighted by Gasteiger charge is -2.35. The van der Waals surface area contributed by atoms with E-state index in [2.05, 4.69) is 29.5 Å². The second-order valence-electron chi connectivity index (χ2n) is 8.08. The number of nitrogens with one attached hydrogen (secondary N) is 1. The number of likely N-dealkylation sites (tertiary alicyclic amines) is 1. The minimum absolute atomic E-state index is 0.171. The predicted molar refractivity (Wildman–Crippen MR) is 98.6 cm³/mol. The molecule has 2 aliphatic rings. The van der Waals surface area contributed by atoms with Gasteiger partial charge in [0.15, 0.2) is 5.69 Å². The zero-order valence-electron chi connectivity index (χ0n) is 16.0. The summed E-state index contributed by atoms with van der Waals surface area (Å²) in [6.45, 7) is 6.29. The summed E-state index contributed by atoms with van der Waals surface area (Å²) in [5.41, 5.74) is 0.367. The zero-order valence-corrected chi connectivity index (χ0v) is 16.0. The van der Waals surface area contributed by atoms with Crippen LogP contribution in [0.25, 0.3) is 0 Å². The fourth-order valence-electron chi connectivity index (χ4n) is 3.91. The van der Waals surface area contributed by atoms with Gasteiger partial charge >= 0.3 is 0 Å². The average Bonchev–Trinajstić information content (AvgIpc) is 3.16. The Kier molecular flexibility index (Phi) is 6.27. The molecule has 1 aliphatic carbocycles. The molecule has 26 heavy (non-hydrogen) atoms. The molecule has 1 saturated carbocycles. The molecule has 144 valence electrons. The van der Waals surface area contributed by atoms with E-state index in [-0.39, 0.29) is 17.9 Å². The van der Waals surface area contributed by atoms with Gasteiger partial charge in [0.25, 0.3) is 5.91 Å². The molecule has 1 N–H and O–H groups in total. The molecule has 0 bridgehead atoms. The van der Waals surface area contributed by atoms with Gasteiger partial charge in [-0.25, -0.2) is 4.68 Å². The monoisotopic (exact) mass is 361 g/mol. The SMILES string of the molecule is CC(C)CNC(=O)c1cn(C2CCN(C(=O)C3CCCCC3)CC2)nn1. The maximum absolute atomic E-state index is 12.7. The van der Waals surface area contributed by atoms with E-state index < -0.39 is 0 Å². The van der Waals surface area contributed by atoms with Crippen LogP contribution in [-0.4, -0.2) is 51.3 Å². The van der Waals surface area contributed by atoms with Gasteiger partial charge < -0.3 is 10.2 Å². The first-order chi connectivity index (χ1) is 12.5. The van der Waals surface area contributed by atoms with Gasteiger partial charge in [-0.15, -0.1) is 5.10 Å². The summed E-state index contributed by atoms with van der Waals surface area (Å²) < 4.78 is 1.80. The van der Waals surface area contributed by atoms with Crippen LogP contribution in [0, 0.1) is 11.8 Å². The van der Waals surface area contributed by atoms with Crippen molar-refractivity contribution in [1.82, 2.24) is 25.2 Å². The van der Waals surface area contributed by atoms with Crippen LogP contribution < -0.4 is 5.32 Å². The third-order valence-corrected chi connectivity index (χ3v) is 5.52. The summed E-state index contributed by atoms with van der Waals surface area (Å²) >= 11 is 0. The van der Waals surface area contributed by atoms with Crippen LogP contribution in [0.15, 0.2) is 6.20 Å². The highest BCUT2D eigenvalue weighted by Gasteiger charge is 2.30. The first-order valence-corrected chi connectivity index (χ1v) is 10.0. The molecule has 3 rings (SSSR count). The van der Waals surface area contributed by atoms with Crippen molar-refractivity contribution in [3.05, 3.63) is 11.9 Å². The Morgan fingerprint density at radius 2 is 1.85 bits per heavy atom. The number of carbonyl (C=O) groups excluding carboxylic acids is 2. The molecule has 7 nitrogen and oxygen atoms in total. The van der Waals surface area contributed by atoms with Gasteiger partial charge in [-0.05, 0) is 31.6 Å². The Morgan fingerprint density at radius 3 is 2.50 bits per heavy atom. The van der Waals surface area contributed by atoms with Gasteiger partial charge in [-0.2, -0.15) is 0 Å². The van der Waals surface area contributed by atoms with E-state index in [0.717, 1.165) is 38.8 Å². The lowest BCUT2D eigenvalue weighted by Crippen LogP contribution is -2.42. The summed E-state index contributed by atoms with van der Waals surface area (Å²) in [5, 5.41) is 11.0. The van der Waals surface area contributed by atoms with Gasteiger partial charge in [-0.1, -0.05) is 38.3 Å². The molecule has 1 aliphatic heterocycles. The number of carbonyl (C=O) groups is 2. The van der Waals surface area contributed by atoms with Crippen LogP contribution >= 0.6 is 0 Å². The van der Waals surface area contributed by atoms with E-state index in [4.69, 9.17) is 0 Å².